The molecule has 0 aliphatic carbocycles. The van der Waals surface area contributed by atoms with E-state index >= 15 is 0 Å². The van der Waals surface area contributed by atoms with Gasteiger partial charge in [0.05, 0.1) is 5.56 Å². The summed E-state index contributed by atoms with van der Waals surface area (Å²) in [6.45, 7) is 1.06. The molecule has 0 radical (unpaired) electrons. The summed E-state index contributed by atoms with van der Waals surface area (Å²) in [5, 5.41) is 8.92. The minimum atomic E-state index is -0.555. The number of pyridine rings is 1. The lowest BCUT2D eigenvalue weighted by molar-refractivity contribution is 0.0636. The van der Waals surface area contributed by atoms with E-state index in [0.29, 0.717) is 42.2 Å². The topological polar surface area (TPSA) is 74.3 Å². The Bertz CT molecular complexity index is 1130. The Morgan fingerprint density at radius 2 is 1.86 bits per heavy atom. The van der Waals surface area contributed by atoms with Gasteiger partial charge in [0.15, 0.2) is 0 Å². The number of aromatic nitrogens is 1. The first kappa shape index (κ1) is 17.9. The number of hydrogen-bond donors (Lipinski definition) is 2. The van der Waals surface area contributed by atoms with E-state index in [2.05, 4.69) is 15.6 Å². The van der Waals surface area contributed by atoms with E-state index in [0.717, 1.165) is 16.5 Å². The maximum Gasteiger partial charge on any atom is 0.273 e. The van der Waals surface area contributed by atoms with E-state index in [-0.39, 0.29) is 11.8 Å². The summed E-state index contributed by atoms with van der Waals surface area (Å²) in [5.74, 6) is -0.220. The maximum atomic E-state index is 13.1. The Morgan fingerprint density at radius 3 is 2.69 bits per heavy atom. The molecule has 1 spiro atoms. The third-order valence-corrected chi connectivity index (χ3v) is 5.97. The molecule has 2 aliphatic rings. The molecule has 2 aromatic carbocycles. The number of nitrogens with zero attached hydrogens (tertiary/aromatic N) is 2. The number of fused-ring (bicyclic) bond motifs is 2. The van der Waals surface area contributed by atoms with Crippen molar-refractivity contribution in [3.8, 4) is 0 Å². The van der Waals surface area contributed by atoms with Gasteiger partial charge in [0.1, 0.15) is 11.4 Å². The number of likely N-dealkylation sites (tertiary alicyclic amines) is 1. The van der Waals surface area contributed by atoms with Crippen LogP contribution in [0.15, 0.2) is 54.7 Å². The molecule has 0 atom stereocenters. The SMILES string of the molecule is O=C1NC2(CCN(C(=O)c3nccc4ccccc34)CC2)Nc2ccc(Cl)cc21. The monoisotopic (exact) mass is 406 g/mol. The number of hydrogen-bond acceptors (Lipinski definition) is 4. The van der Waals surface area contributed by atoms with Gasteiger partial charge < -0.3 is 15.5 Å². The van der Waals surface area contributed by atoms with Crippen LogP contribution in [0.1, 0.15) is 33.7 Å². The average molecular weight is 407 g/mol. The minimum Gasteiger partial charge on any atom is -0.362 e. The third-order valence-electron chi connectivity index (χ3n) is 5.73. The normalized spacial score (nSPS) is 17.6. The molecule has 0 saturated carbocycles. The summed E-state index contributed by atoms with van der Waals surface area (Å²) < 4.78 is 0. The number of carbonyl (C=O) groups is 2. The summed E-state index contributed by atoms with van der Waals surface area (Å²) in [4.78, 5) is 31.9. The van der Waals surface area contributed by atoms with Crippen LogP contribution in [0.2, 0.25) is 5.02 Å². The van der Waals surface area contributed by atoms with Gasteiger partial charge in [-0.05, 0) is 29.7 Å². The molecule has 146 valence electrons. The number of piperidine rings is 1. The van der Waals surface area contributed by atoms with Crippen LogP contribution < -0.4 is 10.6 Å². The highest BCUT2D eigenvalue weighted by molar-refractivity contribution is 6.31. The second-order valence-corrected chi connectivity index (χ2v) is 7.96. The number of rotatable bonds is 1. The first-order valence-corrected chi connectivity index (χ1v) is 9.96. The zero-order chi connectivity index (χ0) is 20.0. The predicted molar refractivity (Wildman–Crippen MR) is 112 cm³/mol. The molecule has 3 aromatic rings. The number of halogens is 1. The molecule has 2 N–H and O–H groups in total. The Hall–Kier alpha value is -3.12. The fraction of sp³-hybridized carbons (Fsp3) is 0.227. The number of anilines is 1. The highest BCUT2D eigenvalue weighted by Gasteiger charge is 2.41. The van der Waals surface area contributed by atoms with Crippen LogP contribution in [-0.4, -0.2) is 40.5 Å². The second-order valence-electron chi connectivity index (χ2n) is 7.52. The highest BCUT2D eigenvalue weighted by Crippen LogP contribution is 2.33. The van der Waals surface area contributed by atoms with E-state index in [9.17, 15) is 9.59 Å². The molecule has 29 heavy (non-hydrogen) atoms. The van der Waals surface area contributed by atoms with Gasteiger partial charge in [-0.15, -0.1) is 0 Å². The van der Waals surface area contributed by atoms with Gasteiger partial charge in [-0.25, -0.2) is 0 Å². The van der Waals surface area contributed by atoms with Crippen molar-refractivity contribution in [2.24, 2.45) is 0 Å². The zero-order valence-electron chi connectivity index (χ0n) is 15.6. The smallest absolute Gasteiger partial charge is 0.273 e. The molecule has 1 fully saturated rings. The molecule has 0 bridgehead atoms. The molecule has 6 nitrogen and oxygen atoms in total. The first-order chi connectivity index (χ1) is 14.0. The van der Waals surface area contributed by atoms with E-state index in [1.54, 1.807) is 18.3 Å². The molecule has 2 aliphatic heterocycles. The van der Waals surface area contributed by atoms with E-state index in [1.165, 1.54) is 0 Å². The van der Waals surface area contributed by atoms with Crippen molar-refractivity contribution < 1.29 is 9.59 Å². The fourth-order valence-corrected chi connectivity index (χ4v) is 4.34. The van der Waals surface area contributed by atoms with Gasteiger partial charge in [-0.3, -0.25) is 14.6 Å². The van der Waals surface area contributed by atoms with E-state index in [1.807, 2.05) is 41.3 Å². The van der Waals surface area contributed by atoms with Gasteiger partial charge in [0, 0.05) is 48.2 Å². The van der Waals surface area contributed by atoms with Crippen LogP contribution in [0.4, 0.5) is 5.69 Å². The van der Waals surface area contributed by atoms with Gasteiger partial charge in [-0.1, -0.05) is 35.9 Å². The molecular formula is C22H19ClN4O2. The number of benzene rings is 2. The molecule has 1 saturated heterocycles. The zero-order valence-corrected chi connectivity index (χ0v) is 16.4. The molecule has 2 amide bonds. The maximum absolute atomic E-state index is 13.1. The van der Waals surface area contributed by atoms with E-state index < -0.39 is 5.66 Å². The summed E-state index contributed by atoms with van der Waals surface area (Å²) in [6.07, 6.45) is 2.89. The van der Waals surface area contributed by atoms with Gasteiger partial charge in [-0.2, -0.15) is 0 Å². The lowest BCUT2D eigenvalue weighted by atomic mass is 9.92. The molecule has 7 heteroatoms. The molecule has 3 heterocycles. The number of amides is 2. The Kier molecular flexibility index (Phi) is 4.17. The number of nitrogens with one attached hydrogen (secondary N) is 2. The van der Waals surface area contributed by atoms with Crippen molar-refractivity contribution in [1.29, 1.82) is 0 Å². The Labute approximate surface area is 172 Å². The van der Waals surface area contributed by atoms with Crippen molar-refractivity contribution in [2.45, 2.75) is 18.5 Å². The highest BCUT2D eigenvalue weighted by atomic mass is 35.5. The summed E-state index contributed by atoms with van der Waals surface area (Å²) in [7, 11) is 0. The molecule has 5 rings (SSSR count). The van der Waals surface area contributed by atoms with Gasteiger partial charge in [0.25, 0.3) is 11.8 Å². The third kappa shape index (κ3) is 3.09. The lowest BCUT2D eigenvalue weighted by Crippen LogP contribution is -2.62. The minimum absolute atomic E-state index is 0.0778. The van der Waals surface area contributed by atoms with Gasteiger partial charge >= 0.3 is 0 Å². The van der Waals surface area contributed by atoms with E-state index in [4.69, 9.17) is 11.6 Å². The van der Waals surface area contributed by atoms with Crippen molar-refractivity contribution in [3.63, 3.8) is 0 Å². The van der Waals surface area contributed by atoms with Crippen molar-refractivity contribution in [3.05, 3.63) is 71.0 Å². The Balaban J connectivity index is 1.36. The van der Waals surface area contributed by atoms with Crippen molar-refractivity contribution >= 4 is 39.9 Å². The van der Waals surface area contributed by atoms with Crippen LogP contribution in [0.25, 0.3) is 10.8 Å². The molecule has 0 unspecified atom stereocenters. The first-order valence-electron chi connectivity index (χ1n) is 9.58. The summed E-state index contributed by atoms with van der Waals surface area (Å²) >= 11 is 6.02. The quantitative estimate of drug-likeness (QED) is 0.646. The Morgan fingerprint density at radius 1 is 1.07 bits per heavy atom. The fourth-order valence-electron chi connectivity index (χ4n) is 4.17. The van der Waals surface area contributed by atoms with Gasteiger partial charge in [0.2, 0.25) is 0 Å². The van der Waals surface area contributed by atoms with Crippen LogP contribution >= 0.6 is 11.6 Å². The summed E-state index contributed by atoms with van der Waals surface area (Å²) in [5.41, 5.74) is 1.23. The average Bonchev–Trinajstić information content (AvgIpc) is 2.74. The second kappa shape index (κ2) is 6.74. The van der Waals surface area contributed by atoms with Crippen molar-refractivity contribution in [2.75, 3.05) is 18.4 Å². The number of carbonyl (C=O) groups excluding carboxylic acids is 2. The predicted octanol–water partition coefficient (Wildman–Crippen LogP) is 3.68. The molecular weight excluding hydrogens is 388 g/mol. The summed E-state index contributed by atoms with van der Waals surface area (Å²) in [6, 6.07) is 14.9. The largest absolute Gasteiger partial charge is 0.362 e. The lowest BCUT2D eigenvalue weighted by Gasteiger charge is -2.45. The molecule has 1 aromatic heterocycles. The van der Waals surface area contributed by atoms with Crippen molar-refractivity contribution in [1.82, 2.24) is 15.2 Å². The van der Waals surface area contributed by atoms with Crippen LogP contribution in [0.5, 0.6) is 0 Å². The van der Waals surface area contributed by atoms with Crippen LogP contribution in [0.3, 0.4) is 0 Å². The van der Waals surface area contributed by atoms with Crippen LogP contribution in [-0.2, 0) is 0 Å². The standard InChI is InChI=1S/C22H19ClN4O2/c23-15-5-6-18-17(13-15)20(28)26-22(25-18)8-11-27(12-9-22)21(29)19-16-4-2-1-3-14(16)7-10-24-19/h1-7,10,13,25H,8-9,11-12H2,(H,26,28). The van der Waals surface area contributed by atoms with Crippen LogP contribution in [0, 0.1) is 0 Å².